The first-order chi connectivity index (χ1) is 18.8. The summed E-state index contributed by atoms with van der Waals surface area (Å²) in [7, 11) is 1.73. The van der Waals surface area contributed by atoms with Gasteiger partial charge in [0.15, 0.2) is 5.82 Å². The molecule has 2 aliphatic heterocycles. The van der Waals surface area contributed by atoms with Crippen LogP contribution in [0.5, 0.6) is 0 Å². The van der Waals surface area contributed by atoms with Crippen LogP contribution in [0.15, 0.2) is 29.1 Å². The van der Waals surface area contributed by atoms with Crippen molar-refractivity contribution < 1.29 is 4.74 Å². The molecule has 2 aromatic heterocycles. The first-order valence-corrected chi connectivity index (χ1v) is 14.1. The summed E-state index contributed by atoms with van der Waals surface area (Å²) >= 11 is 0. The van der Waals surface area contributed by atoms with E-state index in [4.69, 9.17) is 9.72 Å². The highest BCUT2D eigenvalue weighted by Gasteiger charge is 2.35. The molecule has 0 bridgehead atoms. The number of piperazine rings is 1. The van der Waals surface area contributed by atoms with E-state index >= 15 is 0 Å². The SMILES string of the molecule is CCn1c(CC#N)nc2c(N3C[C@@H](C)N(C(C)c4ccc(CN5CCOCC5)cc4)C[C@@H]3C)nc(=O)n(C)c21. The summed E-state index contributed by atoms with van der Waals surface area (Å²) in [5, 5.41) is 9.34. The van der Waals surface area contributed by atoms with Gasteiger partial charge in [0.25, 0.3) is 0 Å². The summed E-state index contributed by atoms with van der Waals surface area (Å²) in [5.74, 6) is 1.29. The third-order valence-electron chi connectivity index (χ3n) is 8.37. The molecule has 0 N–H and O–H groups in total. The summed E-state index contributed by atoms with van der Waals surface area (Å²) in [4.78, 5) is 29.4. The lowest BCUT2D eigenvalue weighted by Gasteiger charge is -2.47. The minimum Gasteiger partial charge on any atom is -0.379 e. The molecule has 4 heterocycles. The van der Waals surface area contributed by atoms with Crippen LogP contribution in [0.25, 0.3) is 11.2 Å². The Balaban J connectivity index is 1.36. The Labute approximate surface area is 230 Å². The van der Waals surface area contributed by atoms with Gasteiger partial charge in [-0.3, -0.25) is 14.4 Å². The van der Waals surface area contributed by atoms with Crippen molar-refractivity contribution >= 4 is 17.0 Å². The lowest BCUT2D eigenvalue weighted by molar-refractivity contribution is 0.0342. The molecule has 1 unspecified atom stereocenters. The molecule has 2 saturated heterocycles. The molecule has 39 heavy (non-hydrogen) atoms. The number of benzene rings is 1. The second-order valence-corrected chi connectivity index (χ2v) is 10.9. The van der Waals surface area contributed by atoms with E-state index in [0.717, 1.165) is 51.6 Å². The number of fused-ring (bicyclic) bond motifs is 1. The molecule has 10 heteroatoms. The number of nitriles is 1. The van der Waals surface area contributed by atoms with Gasteiger partial charge in [-0.25, -0.2) is 9.78 Å². The second-order valence-electron chi connectivity index (χ2n) is 10.9. The van der Waals surface area contributed by atoms with E-state index in [9.17, 15) is 10.1 Å². The lowest BCUT2D eigenvalue weighted by Crippen LogP contribution is -2.57. The molecule has 0 saturated carbocycles. The molecule has 0 amide bonds. The van der Waals surface area contributed by atoms with Crippen molar-refractivity contribution in [1.29, 1.82) is 5.26 Å². The number of aryl methyl sites for hydroxylation is 2. The summed E-state index contributed by atoms with van der Waals surface area (Å²) in [6, 6.07) is 11.9. The van der Waals surface area contributed by atoms with Crippen LogP contribution in [0.1, 0.15) is 50.7 Å². The van der Waals surface area contributed by atoms with Crippen LogP contribution in [0.3, 0.4) is 0 Å². The highest BCUT2D eigenvalue weighted by molar-refractivity contribution is 5.84. The molecule has 0 spiro atoms. The van der Waals surface area contributed by atoms with Crippen molar-refractivity contribution in [3.8, 4) is 6.07 Å². The Morgan fingerprint density at radius 1 is 1.10 bits per heavy atom. The molecule has 2 aliphatic rings. The lowest BCUT2D eigenvalue weighted by atomic mass is 9.99. The monoisotopic (exact) mass is 532 g/mol. The van der Waals surface area contributed by atoms with E-state index < -0.39 is 0 Å². The van der Waals surface area contributed by atoms with Gasteiger partial charge in [-0.2, -0.15) is 10.2 Å². The average Bonchev–Trinajstić information content (AvgIpc) is 3.31. The van der Waals surface area contributed by atoms with Gasteiger partial charge in [-0.05, 0) is 38.8 Å². The van der Waals surface area contributed by atoms with Crippen molar-refractivity contribution in [3.63, 3.8) is 0 Å². The fourth-order valence-corrected chi connectivity index (χ4v) is 6.13. The zero-order valence-electron chi connectivity index (χ0n) is 23.8. The van der Waals surface area contributed by atoms with Gasteiger partial charge in [-0.1, -0.05) is 24.3 Å². The van der Waals surface area contributed by atoms with E-state index in [1.165, 1.54) is 11.1 Å². The largest absolute Gasteiger partial charge is 0.379 e. The van der Waals surface area contributed by atoms with Crippen LogP contribution >= 0.6 is 0 Å². The number of ether oxygens (including phenoxy) is 1. The van der Waals surface area contributed by atoms with Crippen LogP contribution < -0.4 is 10.6 Å². The minimum absolute atomic E-state index is 0.137. The van der Waals surface area contributed by atoms with Crippen LogP contribution in [0.2, 0.25) is 0 Å². The van der Waals surface area contributed by atoms with Crippen molar-refractivity contribution in [3.05, 3.63) is 51.7 Å². The molecule has 3 atom stereocenters. The fourth-order valence-electron chi connectivity index (χ4n) is 6.13. The first kappa shape index (κ1) is 27.3. The van der Waals surface area contributed by atoms with Crippen LogP contribution in [-0.4, -0.2) is 80.4 Å². The number of nitrogens with zero attached hydrogens (tertiary/aromatic N) is 8. The molecule has 10 nitrogen and oxygen atoms in total. The zero-order valence-corrected chi connectivity index (χ0v) is 23.8. The van der Waals surface area contributed by atoms with Crippen molar-refractivity contribution in [2.45, 2.75) is 65.3 Å². The normalized spacial score (nSPS) is 21.8. The molecule has 208 valence electrons. The topological polar surface area (TPSA) is 95.5 Å². The zero-order chi connectivity index (χ0) is 27.7. The summed E-state index contributed by atoms with van der Waals surface area (Å²) in [6.45, 7) is 15.5. The van der Waals surface area contributed by atoms with Crippen LogP contribution in [0, 0.1) is 11.3 Å². The summed E-state index contributed by atoms with van der Waals surface area (Å²) in [6.07, 6.45) is 0.193. The molecular formula is C29H40N8O2. The molecule has 0 aliphatic carbocycles. The Morgan fingerprint density at radius 3 is 2.49 bits per heavy atom. The highest BCUT2D eigenvalue weighted by Crippen LogP contribution is 2.32. The van der Waals surface area contributed by atoms with Crippen molar-refractivity contribution in [2.24, 2.45) is 7.05 Å². The maximum Gasteiger partial charge on any atom is 0.350 e. The van der Waals surface area contributed by atoms with Gasteiger partial charge in [0.2, 0.25) is 0 Å². The van der Waals surface area contributed by atoms with Gasteiger partial charge in [-0.15, -0.1) is 0 Å². The maximum atomic E-state index is 12.9. The molecule has 0 radical (unpaired) electrons. The number of anilines is 1. The van der Waals surface area contributed by atoms with Crippen LogP contribution in [-0.2, 0) is 31.3 Å². The predicted molar refractivity (Wildman–Crippen MR) is 152 cm³/mol. The minimum atomic E-state index is -0.302. The van der Waals surface area contributed by atoms with E-state index in [-0.39, 0.29) is 30.2 Å². The quantitative estimate of drug-likeness (QED) is 0.459. The second kappa shape index (κ2) is 11.5. The van der Waals surface area contributed by atoms with Crippen molar-refractivity contribution in [1.82, 2.24) is 28.9 Å². The van der Waals surface area contributed by atoms with Gasteiger partial charge in [0, 0.05) is 64.4 Å². The molecule has 1 aromatic carbocycles. The number of morpholine rings is 1. The third kappa shape index (κ3) is 5.31. The Hall–Kier alpha value is -3.26. The Bertz CT molecular complexity index is 1400. The molecular weight excluding hydrogens is 492 g/mol. The maximum absolute atomic E-state index is 12.9. The van der Waals surface area contributed by atoms with Gasteiger partial charge >= 0.3 is 5.69 Å². The third-order valence-corrected chi connectivity index (χ3v) is 8.37. The molecule has 3 aromatic rings. The standard InChI is InChI=1S/C29H40N8O2/c1-6-35-25(11-12-30)31-26-27(32-29(38)33(5)28(26)35)37-18-20(2)36(17-21(37)3)22(4)24-9-7-23(8-10-24)19-34-13-15-39-16-14-34/h7-10,20-22H,6,11,13-19H2,1-5H3/t20-,21+,22?/m1/s1. The number of hydrogen-bond acceptors (Lipinski definition) is 8. The predicted octanol–water partition coefficient (Wildman–Crippen LogP) is 2.71. The first-order valence-electron chi connectivity index (χ1n) is 14.1. The molecule has 5 rings (SSSR count). The number of rotatable bonds is 7. The summed E-state index contributed by atoms with van der Waals surface area (Å²) in [5.41, 5.74) is 3.77. The van der Waals surface area contributed by atoms with Crippen LogP contribution in [0.4, 0.5) is 5.82 Å². The number of imidazole rings is 1. The number of hydrogen-bond donors (Lipinski definition) is 0. The Morgan fingerprint density at radius 2 is 1.82 bits per heavy atom. The van der Waals surface area contributed by atoms with E-state index in [1.54, 1.807) is 11.6 Å². The fraction of sp³-hybridized carbons (Fsp3) is 0.586. The molecule has 2 fully saturated rings. The van der Waals surface area contributed by atoms with E-state index in [0.29, 0.717) is 23.7 Å². The highest BCUT2D eigenvalue weighted by atomic mass is 16.5. The summed E-state index contributed by atoms with van der Waals surface area (Å²) < 4.78 is 8.98. The smallest absolute Gasteiger partial charge is 0.350 e. The average molecular weight is 533 g/mol. The number of aromatic nitrogens is 4. The van der Waals surface area contributed by atoms with Crippen molar-refractivity contribution in [2.75, 3.05) is 44.3 Å². The van der Waals surface area contributed by atoms with Gasteiger partial charge < -0.3 is 14.2 Å². The van der Waals surface area contributed by atoms with E-state index in [2.05, 4.69) is 70.8 Å². The Kier molecular flexibility index (Phi) is 8.03. The van der Waals surface area contributed by atoms with Gasteiger partial charge in [0.05, 0.1) is 25.7 Å². The van der Waals surface area contributed by atoms with Gasteiger partial charge in [0.1, 0.15) is 17.0 Å². The van der Waals surface area contributed by atoms with E-state index in [1.807, 2.05) is 11.5 Å².